The zero-order valence-electron chi connectivity index (χ0n) is 10.9. The highest BCUT2D eigenvalue weighted by Gasteiger charge is 2.13. The van der Waals surface area contributed by atoms with Crippen LogP contribution in [0.15, 0.2) is 36.7 Å². The van der Waals surface area contributed by atoms with Gasteiger partial charge in [-0.2, -0.15) is 0 Å². The van der Waals surface area contributed by atoms with E-state index in [-0.39, 0.29) is 12.3 Å². The molecule has 0 atom stereocenters. The minimum atomic E-state index is -3.39. The van der Waals surface area contributed by atoms with E-state index in [1.807, 2.05) is 12.1 Å². The Balaban J connectivity index is 1.93. The summed E-state index contributed by atoms with van der Waals surface area (Å²) in [6, 6.07) is 7.26. The fraction of sp³-hybridized carbons (Fsp3) is 0.333. The lowest BCUT2D eigenvalue weighted by Crippen LogP contribution is -2.29. The molecular formula is C12H17N5O2S. The predicted molar refractivity (Wildman–Crippen MR) is 75.0 cm³/mol. The molecule has 3 N–H and O–H groups in total. The van der Waals surface area contributed by atoms with Crippen molar-refractivity contribution in [1.82, 2.24) is 19.7 Å². The smallest absolute Gasteiger partial charge is 0.215 e. The lowest BCUT2D eigenvalue weighted by molar-refractivity contribution is 0.552. The van der Waals surface area contributed by atoms with E-state index in [0.717, 1.165) is 11.1 Å². The standard InChI is InChI=1S/C12H17N5O2S/c13-9-11-3-1-2-4-12(11)10-20(18,19)15-6-8-17-7-5-14-16-17/h1-5,7,15H,6,8-10,13H2. The minimum absolute atomic E-state index is 0.0717. The Hall–Kier alpha value is -1.77. The molecule has 108 valence electrons. The molecule has 1 aromatic carbocycles. The highest BCUT2D eigenvalue weighted by molar-refractivity contribution is 7.88. The van der Waals surface area contributed by atoms with E-state index in [1.165, 1.54) is 0 Å². The summed E-state index contributed by atoms with van der Waals surface area (Å²) in [5.74, 6) is -0.0717. The molecule has 2 rings (SSSR count). The Morgan fingerprint density at radius 2 is 2.00 bits per heavy atom. The van der Waals surface area contributed by atoms with Gasteiger partial charge in [-0.05, 0) is 11.1 Å². The SMILES string of the molecule is NCc1ccccc1CS(=O)(=O)NCCn1ccnn1. The first-order valence-electron chi connectivity index (χ1n) is 6.19. The van der Waals surface area contributed by atoms with E-state index in [0.29, 0.717) is 13.1 Å². The summed E-state index contributed by atoms with van der Waals surface area (Å²) in [5.41, 5.74) is 7.17. The van der Waals surface area contributed by atoms with Gasteiger partial charge in [0.25, 0.3) is 0 Å². The van der Waals surface area contributed by atoms with Crippen LogP contribution in [0.4, 0.5) is 0 Å². The third kappa shape index (κ3) is 4.12. The van der Waals surface area contributed by atoms with E-state index < -0.39 is 10.0 Å². The molecule has 8 heteroatoms. The first-order chi connectivity index (χ1) is 9.61. The van der Waals surface area contributed by atoms with Crippen molar-refractivity contribution in [3.8, 4) is 0 Å². The molecule has 0 aliphatic heterocycles. The van der Waals surface area contributed by atoms with E-state index >= 15 is 0 Å². The first kappa shape index (κ1) is 14.6. The van der Waals surface area contributed by atoms with Crippen molar-refractivity contribution in [3.05, 3.63) is 47.8 Å². The average Bonchev–Trinajstić information content (AvgIpc) is 2.92. The van der Waals surface area contributed by atoms with E-state index in [2.05, 4.69) is 15.0 Å². The maximum absolute atomic E-state index is 12.0. The molecule has 0 aliphatic rings. The van der Waals surface area contributed by atoms with Crippen LogP contribution in [-0.2, 0) is 28.9 Å². The largest absolute Gasteiger partial charge is 0.326 e. The van der Waals surface area contributed by atoms with Crippen LogP contribution in [-0.4, -0.2) is 30.0 Å². The lowest BCUT2D eigenvalue weighted by atomic mass is 10.1. The Labute approximate surface area is 117 Å². The van der Waals surface area contributed by atoms with Crippen LogP contribution < -0.4 is 10.5 Å². The van der Waals surface area contributed by atoms with Gasteiger partial charge < -0.3 is 5.73 Å². The minimum Gasteiger partial charge on any atom is -0.326 e. The summed E-state index contributed by atoms with van der Waals surface area (Å²) < 4.78 is 28.1. The number of nitrogens with one attached hydrogen (secondary N) is 1. The number of benzene rings is 1. The van der Waals surface area contributed by atoms with E-state index in [4.69, 9.17) is 5.73 Å². The van der Waals surface area contributed by atoms with Gasteiger partial charge in [0, 0.05) is 19.3 Å². The molecular weight excluding hydrogens is 278 g/mol. The van der Waals surface area contributed by atoms with Gasteiger partial charge in [-0.25, -0.2) is 13.1 Å². The molecule has 0 amide bonds. The molecule has 0 bridgehead atoms. The lowest BCUT2D eigenvalue weighted by Gasteiger charge is -2.09. The average molecular weight is 295 g/mol. The quantitative estimate of drug-likeness (QED) is 0.740. The molecule has 0 aliphatic carbocycles. The number of hydrogen-bond donors (Lipinski definition) is 2. The summed E-state index contributed by atoms with van der Waals surface area (Å²) in [6.07, 6.45) is 3.23. The Kier molecular flexibility index (Phi) is 4.83. The van der Waals surface area contributed by atoms with Crippen molar-refractivity contribution in [2.75, 3.05) is 6.54 Å². The van der Waals surface area contributed by atoms with Crippen LogP contribution in [0.3, 0.4) is 0 Å². The second-order valence-corrected chi connectivity index (χ2v) is 6.10. The molecule has 0 unspecified atom stereocenters. The number of nitrogens with two attached hydrogens (primary N) is 1. The van der Waals surface area contributed by atoms with Crippen LogP contribution >= 0.6 is 0 Å². The molecule has 1 aromatic heterocycles. The molecule has 7 nitrogen and oxygen atoms in total. The van der Waals surface area contributed by atoms with Crippen LogP contribution in [0.1, 0.15) is 11.1 Å². The second-order valence-electron chi connectivity index (χ2n) is 4.29. The molecule has 0 saturated carbocycles. The normalized spacial score (nSPS) is 11.7. The summed E-state index contributed by atoms with van der Waals surface area (Å²) in [6.45, 7) is 1.04. The summed E-state index contributed by atoms with van der Waals surface area (Å²) >= 11 is 0. The summed E-state index contributed by atoms with van der Waals surface area (Å²) in [4.78, 5) is 0. The van der Waals surface area contributed by atoms with Gasteiger partial charge in [-0.3, -0.25) is 4.68 Å². The highest BCUT2D eigenvalue weighted by Crippen LogP contribution is 2.11. The van der Waals surface area contributed by atoms with Crippen molar-refractivity contribution >= 4 is 10.0 Å². The monoisotopic (exact) mass is 295 g/mol. The van der Waals surface area contributed by atoms with Gasteiger partial charge in [-0.1, -0.05) is 29.5 Å². The Morgan fingerprint density at radius 3 is 2.65 bits per heavy atom. The van der Waals surface area contributed by atoms with Crippen molar-refractivity contribution in [2.45, 2.75) is 18.8 Å². The van der Waals surface area contributed by atoms with Gasteiger partial charge in [0.1, 0.15) is 0 Å². The third-order valence-corrected chi connectivity index (χ3v) is 4.15. The number of rotatable bonds is 7. The number of sulfonamides is 1. The number of hydrogen-bond acceptors (Lipinski definition) is 5. The Morgan fingerprint density at radius 1 is 1.25 bits per heavy atom. The Bertz CT molecular complexity index is 640. The van der Waals surface area contributed by atoms with Crippen LogP contribution in [0, 0.1) is 0 Å². The molecule has 20 heavy (non-hydrogen) atoms. The fourth-order valence-electron chi connectivity index (χ4n) is 1.82. The van der Waals surface area contributed by atoms with Crippen LogP contribution in [0.25, 0.3) is 0 Å². The van der Waals surface area contributed by atoms with Gasteiger partial charge in [0.15, 0.2) is 0 Å². The maximum atomic E-state index is 12.0. The molecule has 0 radical (unpaired) electrons. The molecule has 0 fully saturated rings. The predicted octanol–water partition coefficient (Wildman–Crippen LogP) is -0.144. The zero-order valence-corrected chi connectivity index (χ0v) is 11.8. The molecule has 2 aromatic rings. The fourth-order valence-corrected chi connectivity index (χ4v) is 3.02. The van der Waals surface area contributed by atoms with Gasteiger partial charge >= 0.3 is 0 Å². The highest BCUT2D eigenvalue weighted by atomic mass is 32.2. The van der Waals surface area contributed by atoms with Crippen molar-refractivity contribution in [1.29, 1.82) is 0 Å². The molecule has 1 heterocycles. The topological polar surface area (TPSA) is 103 Å². The van der Waals surface area contributed by atoms with Gasteiger partial charge in [0.05, 0.1) is 18.5 Å². The van der Waals surface area contributed by atoms with Crippen molar-refractivity contribution in [3.63, 3.8) is 0 Å². The number of nitrogens with zero attached hydrogens (tertiary/aromatic N) is 3. The van der Waals surface area contributed by atoms with Crippen LogP contribution in [0.2, 0.25) is 0 Å². The first-order valence-corrected chi connectivity index (χ1v) is 7.84. The number of aromatic nitrogens is 3. The molecule has 0 spiro atoms. The van der Waals surface area contributed by atoms with Gasteiger partial charge in [0.2, 0.25) is 10.0 Å². The van der Waals surface area contributed by atoms with Gasteiger partial charge in [-0.15, -0.1) is 5.10 Å². The summed E-state index contributed by atoms with van der Waals surface area (Å²) in [7, 11) is -3.39. The van der Waals surface area contributed by atoms with Crippen LogP contribution in [0.5, 0.6) is 0 Å². The molecule has 0 saturated heterocycles. The second kappa shape index (κ2) is 6.60. The third-order valence-electron chi connectivity index (χ3n) is 2.82. The maximum Gasteiger partial charge on any atom is 0.215 e. The van der Waals surface area contributed by atoms with Crippen molar-refractivity contribution in [2.24, 2.45) is 5.73 Å². The van der Waals surface area contributed by atoms with E-state index in [9.17, 15) is 8.42 Å². The zero-order chi connectivity index (χ0) is 14.4. The van der Waals surface area contributed by atoms with E-state index in [1.54, 1.807) is 29.2 Å². The van der Waals surface area contributed by atoms with Crippen molar-refractivity contribution < 1.29 is 8.42 Å². The summed E-state index contributed by atoms with van der Waals surface area (Å²) in [5, 5.41) is 7.41.